The third kappa shape index (κ3) is 7.66. The molecule has 1 spiro atoms. The molecule has 5 aromatic rings. The third-order valence-corrected chi connectivity index (χ3v) is 11.1. The maximum absolute atomic E-state index is 15.3. The number of aliphatic hydroxyl groups excluding tert-OH is 2. The molecule has 0 aromatic heterocycles. The first kappa shape index (κ1) is 36.6. The smallest absolute Gasteiger partial charge is 0.446 e. The number of nitrogens with two attached hydrogens (primary N) is 2. The van der Waals surface area contributed by atoms with E-state index in [2.05, 4.69) is 0 Å². The Morgan fingerprint density at radius 3 is 2.15 bits per heavy atom. The first-order chi connectivity index (χ1) is 26.1. The molecule has 1 aliphatic heterocycles. The molecule has 7 N–H and O–H groups in total. The molecule has 2 amide bonds. The van der Waals surface area contributed by atoms with Crippen LogP contribution in [0.3, 0.4) is 0 Å². The summed E-state index contributed by atoms with van der Waals surface area (Å²) in [6.07, 6.45) is -2.07. The van der Waals surface area contributed by atoms with Crippen LogP contribution in [0, 0.1) is 5.41 Å². The van der Waals surface area contributed by atoms with Crippen molar-refractivity contribution < 1.29 is 28.8 Å². The van der Waals surface area contributed by atoms with E-state index >= 15 is 4.79 Å². The fraction of sp³-hybridized carbons (Fsp3) is 0.238. The normalized spacial score (nSPS) is 22.4. The lowest BCUT2D eigenvalue weighted by molar-refractivity contribution is -0.0502. The van der Waals surface area contributed by atoms with Crippen LogP contribution in [-0.4, -0.2) is 62.0 Å². The van der Waals surface area contributed by atoms with Crippen LogP contribution in [0.15, 0.2) is 133 Å². The van der Waals surface area contributed by atoms with Gasteiger partial charge in [-0.1, -0.05) is 97.1 Å². The van der Waals surface area contributed by atoms with Crippen molar-refractivity contribution in [3.05, 3.63) is 161 Å². The Kier molecular flexibility index (Phi) is 10.6. The summed E-state index contributed by atoms with van der Waals surface area (Å²) in [4.78, 5) is 18.6. The standard InChI is InChI=1S/C42H43N5O6P/c43-36-20-19-30(22-34(36)40(44)45)25-46-37(23-28-11-4-1-5-12-28)38(48)39(49)42(24-35(42)31-14-6-2-7-15-31)47(41(46)50)26-29-13-10-18-33(21-29)52-27-54(51)53-32-16-8-3-9-17-32/h1-22,35,37-39,48-49H,23-27,43H2,(H3,44,45)/q+1. The Balaban J connectivity index is 1.25. The van der Waals surface area contributed by atoms with E-state index in [0.29, 0.717) is 40.3 Å². The van der Waals surface area contributed by atoms with Gasteiger partial charge in [0.25, 0.3) is 0 Å². The van der Waals surface area contributed by atoms with Crippen LogP contribution in [0.1, 0.15) is 40.2 Å². The number of nitrogen functional groups attached to an aromatic ring is 2. The number of carbonyl (C=O) groups excluding carboxylic acids is 1. The Hall–Kier alpha value is -5.74. The second-order valence-corrected chi connectivity index (χ2v) is 14.9. The molecule has 5 aromatic carbocycles. The van der Waals surface area contributed by atoms with Crippen molar-refractivity contribution in [1.82, 2.24) is 9.80 Å². The van der Waals surface area contributed by atoms with Crippen molar-refractivity contribution in [3.8, 4) is 11.5 Å². The number of nitrogens with zero attached hydrogens (tertiary/aromatic N) is 2. The number of nitrogens with one attached hydrogen (secondary N) is 1. The molecule has 11 nitrogen and oxygen atoms in total. The van der Waals surface area contributed by atoms with Crippen LogP contribution in [0.4, 0.5) is 10.5 Å². The van der Waals surface area contributed by atoms with Gasteiger partial charge in [-0.15, -0.1) is 0 Å². The van der Waals surface area contributed by atoms with Crippen LogP contribution in [0.5, 0.6) is 11.5 Å². The number of amides is 2. The first-order valence-electron chi connectivity index (χ1n) is 17.8. The lowest BCUT2D eigenvalue weighted by Gasteiger charge is -2.37. The van der Waals surface area contributed by atoms with E-state index in [1.54, 1.807) is 70.5 Å². The Morgan fingerprint density at radius 2 is 1.44 bits per heavy atom. The van der Waals surface area contributed by atoms with Gasteiger partial charge in [0.1, 0.15) is 23.8 Å². The second-order valence-electron chi connectivity index (χ2n) is 13.8. The lowest BCUT2D eigenvalue weighted by Crippen LogP contribution is -2.52. The first-order valence-corrected chi connectivity index (χ1v) is 19.2. The van der Waals surface area contributed by atoms with Crippen LogP contribution in [0.2, 0.25) is 0 Å². The molecule has 54 heavy (non-hydrogen) atoms. The van der Waals surface area contributed by atoms with E-state index in [4.69, 9.17) is 26.1 Å². The van der Waals surface area contributed by atoms with Crippen molar-refractivity contribution in [1.29, 1.82) is 5.41 Å². The van der Waals surface area contributed by atoms with Gasteiger partial charge in [0.15, 0.2) is 5.75 Å². The molecule has 6 atom stereocenters. The highest BCUT2D eigenvalue weighted by atomic mass is 31.1. The van der Waals surface area contributed by atoms with Crippen LogP contribution < -0.4 is 20.7 Å². The number of aliphatic hydroxyl groups is 2. The summed E-state index contributed by atoms with van der Waals surface area (Å²) in [5, 5.41) is 32.6. The molecule has 0 radical (unpaired) electrons. The van der Waals surface area contributed by atoms with Crippen molar-refractivity contribution in [2.75, 3.05) is 12.1 Å². The van der Waals surface area contributed by atoms with E-state index in [9.17, 15) is 14.8 Å². The maximum Gasteiger partial charge on any atom is 0.598 e. The zero-order chi connectivity index (χ0) is 37.8. The molecule has 1 aliphatic carbocycles. The summed E-state index contributed by atoms with van der Waals surface area (Å²) in [7, 11) is -2.16. The van der Waals surface area contributed by atoms with Gasteiger partial charge in [-0.25, -0.2) is 4.79 Å². The number of benzene rings is 5. The number of hydrogen-bond donors (Lipinski definition) is 5. The topological polar surface area (TPSA) is 175 Å². The van der Waals surface area contributed by atoms with E-state index in [0.717, 1.165) is 11.1 Å². The highest BCUT2D eigenvalue weighted by Crippen LogP contribution is 2.60. The predicted molar refractivity (Wildman–Crippen MR) is 207 cm³/mol. The van der Waals surface area contributed by atoms with Crippen molar-refractivity contribution in [2.24, 2.45) is 5.73 Å². The largest absolute Gasteiger partial charge is 0.598 e. The molecule has 12 heteroatoms. The van der Waals surface area contributed by atoms with Crippen LogP contribution >= 0.6 is 8.03 Å². The van der Waals surface area contributed by atoms with E-state index in [1.807, 2.05) is 72.8 Å². The number of anilines is 1. The minimum absolute atomic E-state index is 0.0564. The molecule has 7 rings (SSSR count). The third-order valence-electron chi connectivity index (χ3n) is 10.4. The molecular weight excluding hydrogens is 701 g/mol. The minimum atomic E-state index is -2.16. The van der Waals surface area contributed by atoms with Crippen LogP contribution in [0.25, 0.3) is 0 Å². The molecule has 6 unspecified atom stereocenters. The average molecular weight is 745 g/mol. The van der Waals surface area contributed by atoms with Gasteiger partial charge in [-0.3, -0.25) is 9.93 Å². The number of para-hydroxylation sites is 1. The van der Waals surface area contributed by atoms with Gasteiger partial charge in [0, 0.05) is 30.3 Å². The van der Waals surface area contributed by atoms with E-state index in [1.165, 1.54) is 0 Å². The van der Waals surface area contributed by atoms with Gasteiger partial charge in [-0.05, 0) is 76.1 Å². The Labute approximate surface area is 315 Å². The molecule has 2 aliphatic rings. The average Bonchev–Trinajstić information content (AvgIpc) is 3.95. The molecular formula is C42H43N5O6P+. The van der Waals surface area contributed by atoms with E-state index < -0.39 is 31.8 Å². The summed E-state index contributed by atoms with van der Waals surface area (Å²) >= 11 is 0. The van der Waals surface area contributed by atoms with Gasteiger partial charge in [0.05, 0.1) is 11.6 Å². The molecule has 2 fully saturated rings. The van der Waals surface area contributed by atoms with Crippen molar-refractivity contribution in [2.45, 2.75) is 55.6 Å². The number of urea groups is 1. The summed E-state index contributed by atoms with van der Waals surface area (Å²) in [6.45, 7) is 0.145. The fourth-order valence-corrected chi connectivity index (χ4v) is 8.26. The maximum atomic E-state index is 15.3. The van der Waals surface area contributed by atoms with Crippen molar-refractivity contribution >= 4 is 25.6 Å². The summed E-state index contributed by atoms with van der Waals surface area (Å²) < 4.78 is 24.1. The minimum Gasteiger partial charge on any atom is -0.446 e. The zero-order valence-corrected chi connectivity index (χ0v) is 30.5. The van der Waals surface area contributed by atoms with Crippen molar-refractivity contribution in [3.63, 3.8) is 0 Å². The van der Waals surface area contributed by atoms with Gasteiger partial charge >= 0.3 is 20.4 Å². The SMILES string of the molecule is N=C(N)c1cc(CN2C(=O)N(Cc3cccc(OC[P+](=O)Oc4ccccc4)c3)C3(CC3c3ccccc3)C(O)C(O)C2Cc2ccccc2)ccc1N. The predicted octanol–water partition coefficient (Wildman–Crippen LogP) is 6.41. The summed E-state index contributed by atoms with van der Waals surface area (Å²) in [5.74, 6) is 0.474. The second kappa shape index (κ2) is 15.7. The Bertz CT molecular complexity index is 2120. The number of rotatable bonds is 13. The highest BCUT2D eigenvalue weighted by molar-refractivity contribution is 7.39. The van der Waals surface area contributed by atoms with Gasteiger partial charge in [0.2, 0.25) is 0 Å². The number of hydrogen-bond acceptors (Lipinski definition) is 8. The molecule has 0 bridgehead atoms. The van der Waals surface area contributed by atoms with Gasteiger partial charge < -0.3 is 36.2 Å². The molecule has 1 saturated heterocycles. The van der Waals surface area contributed by atoms with Gasteiger partial charge in [-0.2, -0.15) is 0 Å². The molecule has 276 valence electrons. The summed E-state index contributed by atoms with van der Waals surface area (Å²) in [6, 6.07) is 39.3. The number of ether oxygens (including phenoxy) is 1. The Morgan fingerprint density at radius 1 is 0.815 bits per heavy atom. The fourth-order valence-electron chi connectivity index (χ4n) is 7.60. The number of carbonyl (C=O) groups is 1. The molecule has 1 saturated carbocycles. The molecule has 1 heterocycles. The summed E-state index contributed by atoms with van der Waals surface area (Å²) in [5.41, 5.74) is 14.8. The highest BCUT2D eigenvalue weighted by Gasteiger charge is 2.68. The van der Waals surface area contributed by atoms with E-state index in [-0.39, 0.29) is 43.6 Å². The zero-order valence-electron chi connectivity index (χ0n) is 29.6. The lowest BCUT2D eigenvalue weighted by atomic mass is 9.90. The quantitative estimate of drug-likeness (QED) is 0.0398. The number of amidine groups is 1. The van der Waals surface area contributed by atoms with Crippen LogP contribution in [-0.2, 0) is 24.1 Å². The monoisotopic (exact) mass is 744 g/mol.